The smallest absolute Gasteiger partial charge is 0.339 e. The zero-order valence-corrected chi connectivity index (χ0v) is 12.8. The van der Waals surface area contributed by atoms with Crippen LogP contribution in [0.15, 0.2) is 29.4 Å². The Hall–Kier alpha value is -0.980. The maximum atomic E-state index is 10.4. The number of aromatic nitrogens is 1. The molecule has 0 spiro atoms. The van der Waals surface area contributed by atoms with E-state index in [9.17, 15) is 4.79 Å². The Morgan fingerprint density at radius 2 is 2.05 bits per heavy atom. The second kappa shape index (κ2) is 12.1. The molecule has 8 heteroatoms. The normalized spacial score (nSPS) is 10.2. The highest BCUT2D eigenvalue weighted by atomic mass is 35.5. The van der Waals surface area contributed by atoms with E-state index in [2.05, 4.69) is 9.98 Å². The first-order chi connectivity index (χ1) is 8.18. The van der Waals surface area contributed by atoms with Crippen LogP contribution in [0, 0.1) is 0 Å². The van der Waals surface area contributed by atoms with Crippen LogP contribution in [0.25, 0.3) is 0 Å². The quantitative estimate of drug-likeness (QED) is 0.477. The number of nitrogens with two attached hydrogens (primary N) is 2. The van der Waals surface area contributed by atoms with Gasteiger partial charge in [-0.1, -0.05) is 6.07 Å². The van der Waals surface area contributed by atoms with Crippen molar-refractivity contribution in [3.63, 3.8) is 0 Å². The number of amides is 2. The number of nitrogens with zero attached hydrogens (tertiary/aromatic N) is 2. The van der Waals surface area contributed by atoms with Crippen LogP contribution < -0.4 is 11.5 Å². The minimum Gasteiger partial charge on any atom is -0.387 e. The molecular weight excluding hydrogens is 307 g/mol. The van der Waals surface area contributed by atoms with Crippen molar-refractivity contribution in [1.29, 1.82) is 0 Å². The van der Waals surface area contributed by atoms with Gasteiger partial charge in [0.2, 0.25) is 0 Å². The van der Waals surface area contributed by atoms with Crippen LogP contribution in [0.3, 0.4) is 0 Å². The lowest BCUT2D eigenvalue weighted by atomic mass is 10.3. The summed E-state index contributed by atoms with van der Waals surface area (Å²) in [6.07, 6.45) is 3.26. The van der Waals surface area contributed by atoms with E-state index >= 15 is 0 Å². The average molecular weight is 325 g/mol. The predicted molar refractivity (Wildman–Crippen MR) is 85.3 cm³/mol. The minimum atomic E-state index is -0.733. The van der Waals surface area contributed by atoms with Crippen molar-refractivity contribution in [2.45, 2.75) is 18.6 Å². The number of carbonyl (C=O) groups is 1. The summed E-state index contributed by atoms with van der Waals surface area (Å²) < 4.78 is 0. The zero-order chi connectivity index (χ0) is 12.5. The van der Waals surface area contributed by atoms with Gasteiger partial charge in [0.15, 0.2) is 0 Å². The fourth-order valence-electron chi connectivity index (χ4n) is 1.21. The first-order valence-electron chi connectivity index (χ1n) is 5.28. The third kappa shape index (κ3) is 10.6. The van der Waals surface area contributed by atoms with E-state index < -0.39 is 6.03 Å². The lowest BCUT2D eigenvalue weighted by Crippen LogP contribution is -2.17. The predicted octanol–water partition coefficient (Wildman–Crippen LogP) is 2.37. The van der Waals surface area contributed by atoms with Gasteiger partial charge < -0.3 is 11.5 Å². The van der Waals surface area contributed by atoms with E-state index in [0.29, 0.717) is 12.3 Å². The lowest BCUT2D eigenvalue weighted by molar-refractivity contribution is 0.256. The number of hydrogen-bond acceptors (Lipinski definition) is 3. The molecule has 0 fully saturated rings. The number of primary amides is 1. The molecule has 1 aromatic rings. The maximum absolute atomic E-state index is 10.4. The fraction of sp³-hybridized carbons (Fsp3) is 0.364. The summed E-state index contributed by atoms with van der Waals surface area (Å²) in [5, 5.41) is 0. The molecule has 4 N–H and O–H groups in total. The van der Waals surface area contributed by atoms with Crippen molar-refractivity contribution >= 4 is 48.4 Å². The molecule has 0 saturated carbocycles. The van der Waals surface area contributed by atoms with E-state index in [-0.39, 0.29) is 24.8 Å². The number of rotatable bonds is 6. The lowest BCUT2D eigenvalue weighted by Gasteiger charge is -2.01. The van der Waals surface area contributed by atoms with E-state index in [4.69, 9.17) is 11.5 Å². The molecule has 0 aliphatic heterocycles. The number of amidine groups is 1. The number of thioether (sulfide) groups is 1. The van der Waals surface area contributed by atoms with Crippen LogP contribution in [-0.4, -0.2) is 22.6 Å². The molecule has 108 valence electrons. The summed E-state index contributed by atoms with van der Waals surface area (Å²) in [5.41, 5.74) is 11.4. The Morgan fingerprint density at radius 3 is 2.63 bits per heavy atom. The molecule has 1 rings (SSSR count). The molecule has 0 unspecified atom stereocenters. The zero-order valence-electron chi connectivity index (χ0n) is 10.3. The molecule has 0 aliphatic carbocycles. The summed E-state index contributed by atoms with van der Waals surface area (Å²) in [7, 11) is 0. The first kappa shape index (κ1) is 20.3. The molecule has 0 aromatic carbocycles. The largest absolute Gasteiger partial charge is 0.387 e. The van der Waals surface area contributed by atoms with E-state index in [1.54, 1.807) is 18.0 Å². The molecule has 2 amide bonds. The van der Waals surface area contributed by atoms with Crippen LogP contribution in [0.4, 0.5) is 4.79 Å². The molecule has 0 saturated heterocycles. The van der Waals surface area contributed by atoms with E-state index in [1.807, 2.05) is 18.2 Å². The van der Waals surface area contributed by atoms with Gasteiger partial charge in [-0.3, -0.25) is 4.98 Å². The van der Waals surface area contributed by atoms with Gasteiger partial charge in [-0.2, -0.15) is 16.8 Å². The first-order valence-corrected chi connectivity index (χ1v) is 6.44. The molecule has 0 atom stereocenters. The second-order valence-corrected chi connectivity index (χ2v) is 4.52. The van der Waals surface area contributed by atoms with Crippen molar-refractivity contribution in [2.24, 2.45) is 16.5 Å². The Labute approximate surface area is 129 Å². The summed E-state index contributed by atoms with van der Waals surface area (Å²) in [5.74, 6) is 2.13. The topological polar surface area (TPSA) is 94.4 Å². The van der Waals surface area contributed by atoms with Gasteiger partial charge in [0, 0.05) is 18.4 Å². The van der Waals surface area contributed by atoms with Crippen LogP contribution in [-0.2, 0) is 5.75 Å². The van der Waals surface area contributed by atoms with Gasteiger partial charge in [0.05, 0.1) is 5.69 Å². The van der Waals surface area contributed by atoms with Crippen molar-refractivity contribution in [1.82, 2.24) is 4.98 Å². The highest BCUT2D eigenvalue weighted by Gasteiger charge is 1.97. The van der Waals surface area contributed by atoms with Crippen LogP contribution in [0.1, 0.15) is 18.5 Å². The number of aliphatic imine (C=N–C) groups is 1. The maximum Gasteiger partial charge on any atom is 0.339 e. The molecule has 0 bridgehead atoms. The molecule has 1 aromatic heterocycles. The number of urea groups is 1. The molecule has 5 nitrogen and oxygen atoms in total. The van der Waals surface area contributed by atoms with Gasteiger partial charge in [0.1, 0.15) is 5.84 Å². The second-order valence-electron chi connectivity index (χ2n) is 3.42. The van der Waals surface area contributed by atoms with Crippen molar-refractivity contribution in [2.75, 3.05) is 5.75 Å². The molecule has 0 radical (unpaired) electrons. The van der Waals surface area contributed by atoms with Gasteiger partial charge in [-0.15, -0.1) is 24.8 Å². The SMILES string of the molecule is Cl.Cl.NC(=O)/N=C(/N)CCCSCc1ccccn1. The molecule has 19 heavy (non-hydrogen) atoms. The Kier molecular flexibility index (Phi) is 12.9. The molecule has 0 aliphatic rings. The fourth-order valence-corrected chi connectivity index (χ4v) is 2.09. The van der Waals surface area contributed by atoms with Gasteiger partial charge in [-0.05, 0) is 24.3 Å². The summed E-state index contributed by atoms with van der Waals surface area (Å²) in [6.45, 7) is 0. The van der Waals surface area contributed by atoms with Gasteiger partial charge >= 0.3 is 6.03 Å². The number of pyridine rings is 1. The van der Waals surface area contributed by atoms with Crippen molar-refractivity contribution in [3.8, 4) is 0 Å². The molecule has 1 heterocycles. The number of carbonyl (C=O) groups excluding carboxylic acids is 1. The third-order valence-corrected chi connectivity index (χ3v) is 3.03. The highest BCUT2D eigenvalue weighted by Crippen LogP contribution is 2.11. The van der Waals surface area contributed by atoms with Gasteiger partial charge in [-0.25, -0.2) is 4.79 Å². The van der Waals surface area contributed by atoms with Crippen LogP contribution >= 0.6 is 36.6 Å². The standard InChI is InChI=1S/C11H16N4OS.2ClH/c12-10(15-11(13)16)5-3-7-17-8-9-4-1-2-6-14-9;;/h1-2,4,6H,3,5,7-8H2,(H4,12,13,15,16);2*1H. The Bertz CT molecular complexity index is 390. The highest BCUT2D eigenvalue weighted by molar-refractivity contribution is 7.98. The summed E-state index contributed by atoms with van der Waals surface area (Å²) in [4.78, 5) is 18.1. The third-order valence-electron chi connectivity index (χ3n) is 1.95. The van der Waals surface area contributed by atoms with Crippen molar-refractivity contribution < 1.29 is 4.79 Å². The Balaban J connectivity index is 0. The van der Waals surface area contributed by atoms with Gasteiger partial charge in [0.25, 0.3) is 0 Å². The average Bonchev–Trinajstić information content (AvgIpc) is 2.29. The number of hydrogen-bond donors (Lipinski definition) is 2. The van der Waals surface area contributed by atoms with E-state index in [1.165, 1.54) is 0 Å². The van der Waals surface area contributed by atoms with Crippen LogP contribution in [0.5, 0.6) is 0 Å². The molecular formula is C11H18Cl2N4OS. The minimum absolute atomic E-state index is 0. The monoisotopic (exact) mass is 324 g/mol. The van der Waals surface area contributed by atoms with E-state index in [0.717, 1.165) is 23.6 Å². The summed E-state index contributed by atoms with van der Waals surface area (Å²) in [6, 6.07) is 5.13. The van der Waals surface area contributed by atoms with Crippen molar-refractivity contribution in [3.05, 3.63) is 30.1 Å². The van der Waals surface area contributed by atoms with Crippen LogP contribution in [0.2, 0.25) is 0 Å². The number of halogens is 2. The Morgan fingerprint density at radius 1 is 1.32 bits per heavy atom. The summed E-state index contributed by atoms with van der Waals surface area (Å²) >= 11 is 1.78.